The number of aromatic amines is 2. The molecule has 0 unspecified atom stereocenters. The molecule has 0 amide bonds. The Balaban J connectivity index is 1.34. The Kier molecular flexibility index (Phi) is 8.91. The summed E-state index contributed by atoms with van der Waals surface area (Å²) < 4.78 is 0. The maximum Gasteiger partial charge on any atom is 0.0694 e. The number of nitrogens with two attached hydrogens (primary N) is 4. The average Bonchev–Trinajstić information content (AvgIpc) is 4.05. The van der Waals surface area contributed by atoms with E-state index in [9.17, 15) is 0 Å². The lowest BCUT2D eigenvalue weighted by Gasteiger charge is -2.08. The Morgan fingerprint density at radius 3 is 0.875 bits per heavy atom. The lowest BCUT2D eigenvalue weighted by molar-refractivity contribution is 1.09. The molecule has 0 fully saturated rings. The molecule has 0 saturated carbocycles. The van der Waals surface area contributed by atoms with E-state index in [-0.39, 0.29) is 0 Å². The molecule has 0 spiro atoms. The van der Waals surface area contributed by atoms with Crippen LogP contribution in [0.1, 0.15) is 67.3 Å². The van der Waals surface area contributed by atoms with Gasteiger partial charge in [-0.1, -0.05) is 48.5 Å². The van der Waals surface area contributed by atoms with Crippen molar-refractivity contribution in [3.63, 3.8) is 0 Å². The molecule has 0 atom stereocenters. The third kappa shape index (κ3) is 7.15. The van der Waals surface area contributed by atoms with Crippen LogP contribution in [0.5, 0.6) is 0 Å². The van der Waals surface area contributed by atoms with Gasteiger partial charge in [0, 0.05) is 92.8 Å². The summed E-state index contributed by atoms with van der Waals surface area (Å²) in [5.41, 5.74) is 43.8. The molecular formula is C48H42N8. The van der Waals surface area contributed by atoms with Crippen LogP contribution in [0, 0.1) is 0 Å². The van der Waals surface area contributed by atoms with Crippen LogP contribution < -0.4 is 22.9 Å². The van der Waals surface area contributed by atoms with Crippen LogP contribution in [0.3, 0.4) is 0 Å². The van der Waals surface area contributed by atoms with Crippen molar-refractivity contribution < 1.29 is 0 Å². The topological polar surface area (TPSA) is 161 Å². The number of nitrogens with zero attached hydrogens (tertiary/aromatic N) is 2. The minimum atomic E-state index is 0.635. The van der Waals surface area contributed by atoms with E-state index in [2.05, 4.69) is 107 Å². The Morgan fingerprint density at radius 2 is 0.554 bits per heavy atom. The van der Waals surface area contributed by atoms with E-state index >= 15 is 0 Å². The molecule has 2 aliphatic rings. The van der Waals surface area contributed by atoms with Crippen LogP contribution in [-0.2, 0) is 25.7 Å². The Morgan fingerprint density at radius 1 is 0.304 bits per heavy atom. The van der Waals surface area contributed by atoms with Gasteiger partial charge >= 0.3 is 0 Å². The number of rotatable bonds is 8. The van der Waals surface area contributed by atoms with Gasteiger partial charge in [0.05, 0.1) is 22.8 Å². The molecule has 2 aliphatic heterocycles. The highest BCUT2D eigenvalue weighted by atomic mass is 14.8. The number of nitrogen functional groups attached to an aromatic ring is 4. The van der Waals surface area contributed by atoms with Gasteiger partial charge in [0.1, 0.15) is 0 Å². The first-order chi connectivity index (χ1) is 27.3. The zero-order valence-electron chi connectivity index (χ0n) is 30.9. The van der Waals surface area contributed by atoms with E-state index in [1.807, 2.05) is 48.5 Å². The van der Waals surface area contributed by atoms with E-state index in [0.717, 1.165) is 112 Å². The van der Waals surface area contributed by atoms with E-state index < -0.39 is 0 Å². The monoisotopic (exact) mass is 730 g/mol. The SMILES string of the molecule is Nc1ccc(Cc2c3nc(c(Cc4ccc(N)cc4)c4ccc([nH]4)c(Cc4ccc(N)cc4)c4ccc([nH]4)c(Cc4ccc(N)cc4)c4nc2C=C4)C=C3)cc1. The summed E-state index contributed by atoms with van der Waals surface area (Å²) >= 11 is 0. The molecule has 0 radical (unpaired) electrons. The van der Waals surface area contributed by atoms with Crippen LogP contribution in [0.25, 0.3) is 46.4 Å². The number of anilines is 4. The van der Waals surface area contributed by atoms with Gasteiger partial charge in [-0.05, 0) is 119 Å². The van der Waals surface area contributed by atoms with Gasteiger partial charge in [0.25, 0.3) is 0 Å². The van der Waals surface area contributed by atoms with Gasteiger partial charge in [0.2, 0.25) is 0 Å². The van der Waals surface area contributed by atoms with Crippen molar-refractivity contribution in [1.29, 1.82) is 0 Å². The molecule has 8 bridgehead atoms. The summed E-state index contributed by atoms with van der Waals surface area (Å²) in [6, 6.07) is 41.0. The Bertz CT molecular complexity index is 2660. The maximum atomic E-state index is 6.10. The van der Waals surface area contributed by atoms with E-state index in [0.29, 0.717) is 25.7 Å². The molecule has 0 saturated heterocycles. The molecule has 0 aliphatic carbocycles. The Hall–Kier alpha value is -7.32. The van der Waals surface area contributed by atoms with Crippen LogP contribution in [0.2, 0.25) is 0 Å². The zero-order valence-corrected chi connectivity index (χ0v) is 30.9. The van der Waals surface area contributed by atoms with Gasteiger partial charge in [-0.15, -0.1) is 0 Å². The number of hydrogen-bond acceptors (Lipinski definition) is 6. The summed E-state index contributed by atoms with van der Waals surface area (Å²) in [5.74, 6) is 0. The first-order valence-electron chi connectivity index (χ1n) is 18.8. The molecular weight excluding hydrogens is 689 g/mol. The second kappa shape index (κ2) is 14.5. The highest BCUT2D eigenvalue weighted by molar-refractivity contribution is 5.84. The van der Waals surface area contributed by atoms with Gasteiger partial charge in [-0.2, -0.15) is 0 Å². The van der Waals surface area contributed by atoms with Crippen molar-refractivity contribution >= 4 is 69.1 Å². The molecule has 274 valence electrons. The van der Waals surface area contributed by atoms with Crippen molar-refractivity contribution in [3.8, 4) is 0 Å². The first kappa shape index (κ1) is 34.4. The van der Waals surface area contributed by atoms with Crippen LogP contribution in [0.15, 0.2) is 121 Å². The molecule has 10 N–H and O–H groups in total. The smallest absolute Gasteiger partial charge is 0.0694 e. The largest absolute Gasteiger partial charge is 0.399 e. The normalized spacial score (nSPS) is 12.0. The van der Waals surface area contributed by atoms with Gasteiger partial charge < -0.3 is 32.9 Å². The number of nitrogens with one attached hydrogen (secondary N) is 2. The summed E-state index contributed by atoms with van der Waals surface area (Å²) in [6.45, 7) is 0. The summed E-state index contributed by atoms with van der Waals surface area (Å²) in [7, 11) is 0. The van der Waals surface area contributed by atoms with E-state index in [4.69, 9.17) is 32.9 Å². The van der Waals surface area contributed by atoms with Crippen LogP contribution in [0.4, 0.5) is 22.7 Å². The number of H-pyrrole nitrogens is 2. The highest BCUT2D eigenvalue weighted by Gasteiger charge is 2.18. The van der Waals surface area contributed by atoms with Crippen molar-refractivity contribution in [3.05, 3.63) is 189 Å². The second-order valence-electron chi connectivity index (χ2n) is 14.6. The second-order valence-corrected chi connectivity index (χ2v) is 14.6. The number of fused-ring (bicyclic) bond motifs is 8. The van der Waals surface area contributed by atoms with Crippen LogP contribution >= 0.6 is 0 Å². The van der Waals surface area contributed by atoms with Crippen molar-refractivity contribution in [2.24, 2.45) is 0 Å². The molecule has 56 heavy (non-hydrogen) atoms. The molecule has 8 nitrogen and oxygen atoms in total. The third-order valence-corrected chi connectivity index (χ3v) is 10.6. The van der Waals surface area contributed by atoms with Crippen molar-refractivity contribution in [2.45, 2.75) is 25.7 Å². The standard InChI is InChI=1S/C48H42N8/c49-33-9-1-29(2-10-33)25-37-41-17-19-43(53-41)38(26-30-3-11-34(50)12-4-30)45-21-23-47(55-45)40(28-32-7-15-36(52)16-8-32)48-24-22-46(56-48)39(44-20-18-42(37)54-44)27-31-5-13-35(51)14-6-31/h1-24,53-54H,25-28,49-52H2. The fraction of sp³-hybridized carbons (Fsp3) is 0.0833. The highest BCUT2D eigenvalue weighted by Crippen LogP contribution is 2.31. The predicted molar refractivity (Wildman–Crippen MR) is 233 cm³/mol. The summed E-state index contributed by atoms with van der Waals surface area (Å²) in [5, 5.41) is 0. The molecule has 3 aromatic heterocycles. The van der Waals surface area contributed by atoms with Crippen molar-refractivity contribution in [2.75, 3.05) is 22.9 Å². The average molecular weight is 731 g/mol. The number of benzene rings is 4. The fourth-order valence-electron chi connectivity index (χ4n) is 7.54. The fourth-order valence-corrected chi connectivity index (χ4v) is 7.54. The minimum absolute atomic E-state index is 0.635. The van der Waals surface area contributed by atoms with Gasteiger partial charge in [0.15, 0.2) is 0 Å². The van der Waals surface area contributed by atoms with Gasteiger partial charge in [-0.3, -0.25) is 0 Å². The number of aromatic nitrogens is 4. The predicted octanol–water partition coefficient (Wildman–Crippen LogP) is 9.35. The van der Waals surface area contributed by atoms with E-state index in [1.165, 1.54) is 0 Å². The third-order valence-electron chi connectivity index (χ3n) is 10.6. The van der Waals surface area contributed by atoms with Crippen molar-refractivity contribution in [1.82, 2.24) is 19.9 Å². The lowest BCUT2D eigenvalue weighted by Crippen LogP contribution is -1.99. The minimum Gasteiger partial charge on any atom is -0.399 e. The number of hydrogen-bond donors (Lipinski definition) is 6. The maximum absolute atomic E-state index is 6.10. The first-order valence-corrected chi connectivity index (χ1v) is 18.8. The zero-order chi connectivity index (χ0) is 38.2. The summed E-state index contributed by atoms with van der Waals surface area (Å²) in [6.07, 6.45) is 11.1. The molecule has 9 rings (SSSR count). The quantitative estimate of drug-likeness (QED) is 0.0854. The molecule has 7 aromatic rings. The van der Waals surface area contributed by atoms with Gasteiger partial charge in [-0.25, -0.2) is 9.97 Å². The van der Waals surface area contributed by atoms with E-state index in [1.54, 1.807) is 0 Å². The lowest BCUT2D eigenvalue weighted by atomic mass is 10.0. The molecule has 4 aromatic carbocycles. The molecule has 5 heterocycles. The Labute approximate surface area is 325 Å². The van der Waals surface area contributed by atoms with Crippen LogP contribution in [-0.4, -0.2) is 19.9 Å². The summed E-state index contributed by atoms with van der Waals surface area (Å²) in [4.78, 5) is 18.4. The molecule has 8 heteroatoms.